The summed E-state index contributed by atoms with van der Waals surface area (Å²) in [5, 5.41) is 0. The number of hydrogen-bond donors (Lipinski definition) is 6. The van der Waals surface area contributed by atoms with Crippen molar-refractivity contribution < 1.29 is 48.8 Å². The molecule has 2 unspecified atom stereocenters. The van der Waals surface area contributed by atoms with Crippen molar-refractivity contribution in [2.45, 2.75) is 53.9 Å². The van der Waals surface area contributed by atoms with Crippen LogP contribution in [0.1, 0.15) is 53.9 Å². The van der Waals surface area contributed by atoms with E-state index < -0.39 is 13.4 Å². The van der Waals surface area contributed by atoms with Crippen molar-refractivity contribution in [1.82, 2.24) is 0 Å². The molecule has 11 heteroatoms. The molecule has 0 spiro atoms. The van der Waals surface area contributed by atoms with E-state index in [-0.39, 0.29) is 19.5 Å². The molecule has 0 radical (unpaired) electrons. The van der Waals surface area contributed by atoms with Crippen molar-refractivity contribution in [3.8, 4) is 0 Å². The molecular weight excluding hydrogens is 420 g/mol. The molecule has 2 atom stereocenters. The molecule has 0 rings (SSSR count). The van der Waals surface area contributed by atoms with Gasteiger partial charge in [0.15, 0.2) is 0 Å². The van der Waals surface area contributed by atoms with Crippen LogP contribution in [0.3, 0.4) is 0 Å². The Bertz CT molecular complexity index is 298. The first-order valence-electron chi connectivity index (χ1n) is 6.66. The topological polar surface area (TPSA) is 121 Å². The van der Waals surface area contributed by atoms with Gasteiger partial charge in [-0.05, 0) is 41.4 Å². The van der Waals surface area contributed by atoms with Crippen molar-refractivity contribution in [3.63, 3.8) is 0 Å². The minimum atomic E-state index is -3.81. The molecule has 0 saturated heterocycles. The quantitative estimate of drug-likeness (QED) is 0.280. The van der Waals surface area contributed by atoms with E-state index in [0.717, 1.165) is 17.8 Å². The van der Waals surface area contributed by atoms with Gasteiger partial charge in [-0.3, -0.25) is 0 Å². The fourth-order valence-corrected chi connectivity index (χ4v) is 1.45. The molecule has 0 heterocycles. The molecular formula is C11H30O6P2S2Zn. The zero-order valence-electron chi connectivity index (χ0n) is 14.0. The molecule has 0 aliphatic heterocycles. The fourth-order valence-electron chi connectivity index (χ4n) is 1.45. The minimum absolute atomic E-state index is 0. The zero-order chi connectivity index (χ0) is 17.9. The van der Waals surface area contributed by atoms with Gasteiger partial charge in [-0.2, -0.15) is 0 Å². The third-order valence-corrected chi connectivity index (χ3v) is 2.96. The van der Waals surface area contributed by atoms with Crippen LogP contribution in [0.25, 0.3) is 0 Å². The van der Waals surface area contributed by atoms with E-state index in [1.54, 1.807) is 0 Å². The summed E-state index contributed by atoms with van der Waals surface area (Å²) < 4.78 is 0. The average Bonchev–Trinajstić information content (AvgIpc) is 2.19. The largest absolute Gasteiger partial charge is 0.325 e. The maximum atomic E-state index is 7.56. The molecule has 6 N–H and O–H groups in total. The van der Waals surface area contributed by atoms with Crippen molar-refractivity contribution in [3.05, 3.63) is 0 Å². The van der Waals surface area contributed by atoms with Crippen molar-refractivity contribution in [1.29, 1.82) is 0 Å². The van der Waals surface area contributed by atoms with E-state index in [1.807, 2.05) is 0 Å². The van der Waals surface area contributed by atoms with Crippen LogP contribution >= 0.6 is 13.4 Å². The zero-order valence-corrected chi connectivity index (χ0v) is 20.3. The molecule has 6 nitrogen and oxygen atoms in total. The molecule has 0 aromatic heterocycles. The average molecular weight is 450 g/mol. The van der Waals surface area contributed by atoms with Crippen LogP contribution in [0.5, 0.6) is 0 Å². The minimum Gasteiger partial charge on any atom is -0.325 e. The smallest absolute Gasteiger partial charge is 0.319 e. The summed E-state index contributed by atoms with van der Waals surface area (Å²) in [7, 11) is 0. The Morgan fingerprint density at radius 3 is 1.27 bits per heavy atom. The third kappa shape index (κ3) is 49.5. The van der Waals surface area contributed by atoms with Crippen LogP contribution in [0.15, 0.2) is 0 Å². The van der Waals surface area contributed by atoms with E-state index >= 15 is 0 Å². The van der Waals surface area contributed by atoms with E-state index in [4.69, 9.17) is 29.4 Å². The van der Waals surface area contributed by atoms with Gasteiger partial charge in [-0.1, -0.05) is 53.9 Å². The van der Waals surface area contributed by atoms with Gasteiger partial charge in [-0.25, -0.2) is 0 Å². The van der Waals surface area contributed by atoms with Gasteiger partial charge in [0.1, 0.15) is 0 Å². The third-order valence-electron chi connectivity index (χ3n) is 2.96. The molecule has 0 aromatic carbocycles. The standard InChI is InChI=1S/C11H24.2H3O3PS.Zn/c1-6-7-8-10(4)11(5)9(2)3;2*1-4(2,3)5;/h9-11H,6-8H2,1-5H3;2*(H3,1,2,3,5);. The Morgan fingerprint density at radius 2 is 1.09 bits per heavy atom. The Hall–Kier alpha value is 1.68. The molecule has 22 heavy (non-hydrogen) atoms. The van der Waals surface area contributed by atoms with Crippen LogP contribution in [0, 0.1) is 17.8 Å². The molecule has 0 aromatic rings. The monoisotopic (exact) mass is 448 g/mol. The molecule has 0 amide bonds. The SMILES string of the molecule is CCCCC(C)C(C)C(C)C.OP(O)(O)=S.OP(O)(O)=S.[Zn]. The summed E-state index contributed by atoms with van der Waals surface area (Å²) >= 11 is 7.21. The van der Waals surface area contributed by atoms with Crippen LogP contribution < -0.4 is 0 Å². The molecule has 0 aliphatic carbocycles. The molecule has 0 aliphatic rings. The summed E-state index contributed by atoms with van der Waals surface area (Å²) in [6.07, 6.45) is 4.16. The molecule has 0 bridgehead atoms. The number of rotatable bonds is 5. The van der Waals surface area contributed by atoms with Crippen molar-refractivity contribution >= 4 is 37.1 Å². The van der Waals surface area contributed by atoms with Crippen LogP contribution in [0.4, 0.5) is 0 Å². The summed E-state index contributed by atoms with van der Waals surface area (Å²) in [5.74, 6) is 2.65. The maximum absolute atomic E-state index is 7.56. The Kier molecular flexibility index (Phi) is 23.1. The number of hydrogen-bond acceptors (Lipinski definition) is 2. The second kappa shape index (κ2) is 16.2. The number of unbranched alkanes of at least 4 members (excludes halogenated alkanes) is 1. The van der Waals surface area contributed by atoms with Gasteiger partial charge in [0, 0.05) is 19.5 Å². The van der Waals surface area contributed by atoms with E-state index in [9.17, 15) is 0 Å². The van der Waals surface area contributed by atoms with Gasteiger partial charge in [0.25, 0.3) is 0 Å². The van der Waals surface area contributed by atoms with E-state index in [2.05, 4.69) is 58.2 Å². The first-order valence-corrected chi connectivity index (χ1v) is 12.0. The van der Waals surface area contributed by atoms with Gasteiger partial charge in [-0.15, -0.1) is 0 Å². The molecule has 134 valence electrons. The van der Waals surface area contributed by atoms with Crippen LogP contribution in [0.2, 0.25) is 0 Å². The van der Waals surface area contributed by atoms with E-state index in [1.165, 1.54) is 19.3 Å². The van der Waals surface area contributed by atoms with Gasteiger partial charge in [0.2, 0.25) is 0 Å². The first-order chi connectivity index (χ1) is 9.09. The van der Waals surface area contributed by atoms with Gasteiger partial charge >= 0.3 is 13.4 Å². The van der Waals surface area contributed by atoms with Crippen LogP contribution in [-0.4, -0.2) is 29.4 Å². The Labute approximate surface area is 157 Å². The first kappa shape index (κ1) is 31.5. The Morgan fingerprint density at radius 1 is 0.818 bits per heavy atom. The van der Waals surface area contributed by atoms with Gasteiger partial charge in [0.05, 0.1) is 0 Å². The summed E-state index contributed by atoms with van der Waals surface area (Å²) in [5.41, 5.74) is 0. The fraction of sp³-hybridized carbons (Fsp3) is 1.00. The summed E-state index contributed by atoms with van der Waals surface area (Å²) in [4.78, 5) is 45.3. The second-order valence-corrected chi connectivity index (χ2v) is 10.2. The summed E-state index contributed by atoms with van der Waals surface area (Å²) in [6.45, 7) is 4.08. The molecule has 0 fully saturated rings. The normalized spacial score (nSPS) is 13.8. The maximum Gasteiger partial charge on any atom is 0.319 e. The van der Waals surface area contributed by atoms with E-state index in [0.29, 0.717) is 0 Å². The van der Waals surface area contributed by atoms with Gasteiger partial charge < -0.3 is 29.4 Å². The van der Waals surface area contributed by atoms with Crippen molar-refractivity contribution in [2.24, 2.45) is 17.8 Å². The van der Waals surface area contributed by atoms with Crippen molar-refractivity contribution in [2.75, 3.05) is 0 Å². The second-order valence-electron chi connectivity index (χ2n) is 5.25. The Balaban J connectivity index is -0.000000124. The molecule has 0 saturated carbocycles. The summed E-state index contributed by atoms with van der Waals surface area (Å²) in [6, 6.07) is 0. The van der Waals surface area contributed by atoms with Crippen LogP contribution in [-0.2, 0) is 43.1 Å². The predicted molar refractivity (Wildman–Crippen MR) is 94.6 cm³/mol. The predicted octanol–water partition coefficient (Wildman–Crippen LogP) is 2.48.